The van der Waals surface area contributed by atoms with E-state index < -0.39 is 7.36 Å². The van der Waals surface area contributed by atoms with Gasteiger partial charge in [-0.1, -0.05) is 45.9 Å². The average molecular weight is 452 g/mol. The molecule has 0 radical (unpaired) electrons. The highest BCUT2D eigenvalue weighted by molar-refractivity contribution is 7.67. The molecule has 2 aromatic rings. The van der Waals surface area contributed by atoms with Gasteiger partial charge >= 0.3 is 0 Å². The first kappa shape index (κ1) is 22.6. The third-order valence-corrected chi connectivity index (χ3v) is 10.4. The van der Waals surface area contributed by atoms with Gasteiger partial charge in [0.15, 0.2) is 7.36 Å². The fourth-order valence-corrected chi connectivity index (χ4v) is 8.75. The molecular formula is C25H34N5OP. The van der Waals surface area contributed by atoms with Crippen molar-refractivity contribution >= 4 is 24.9 Å². The van der Waals surface area contributed by atoms with E-state index in [4.69, 9.17) is 14.6 Å². The molecule has 0 aromatic heterocycles. The number of fused-ring (bicyclic) bond motifs is 1. The molecule has 32 heavy (non-hydrogen) atoms. The highest BCUT2D eigenvalue weighted by Gasteiger charge is 2.47. The Morgan fingerprint density at radius 2 is 1.69 bits per heavy atom. The maximum atomic E-state index is 5.47. The van der Waals surface area contributed by atoms with Crippen LogP contribution in [0.15, 0.2) is 69.4 Å². The lowest BCUT2D eigenvalue weighted by atomic mass is 9.84. The van der Waals surface area contributed by atoms with Crippen molar-refractivity contribution < 1.29 is 4.74 Å². The number of hydrogen-bond acceptors (Lipinski definition) is 4. The quantitative estimate of drug-likeness (QED) is 0.503. The van der Waals surface area contributed by atoms with Gasteiger partial charge < -0.3 is 9.64 Å². The molecule has 0 saturated heterocycles. The fraction of sp³-hybridized carbons (Fsp3) is 0.400. The maximum Gasteiger partial charge on any atom is 0.174 e. The Hall–Kier alpha value is -2.56. The molecule has 2 aliphatic rings. The maximum absolute atomic E-state index is 5.47. The van der Waals surface area contributed by atoms with E-state index in [0.717, 1.165) is 24.5 Å². The van der Waals surface area contributed by atoms with Gasteiger partial charge in [-0.15, -0.1) is 0 Å². The number of methoxy groups -OCH3 is 1. The number of hydrogen-bond donors (Lipinski definition) is 0. The van der Waals surface area contributed by atoms with E-state index in [2.05, 4.69) is 86.6 Å². The van der Waals surface area contributed by atoms with Crippen molar-refractivity contribution in [3.8, 4) is 5.75 Å². The van der Waals surface area contributed by atoms with Gasteiger partial charge in [-0.25, -0.2) is 14.2 Å². The molecule has 0 N–H and O–H groups in total. The summed E-state index contributed by atoms with van der Waals surface area (Å²) in [6.45, 7) is 10.8. The molecule has 2 heterocycles. The van der Waals surface area contributed by atoms with Gasteiger partial charge in [-0.05, 0) is 35.9 Å². The molecular weight excluding hydrogens is 417 g/mol. The number of rotatable bonds is 5. The first-order chi connectivity index (χ1) is 15.3. The smallest absolute Gasteiger partial charge is 0.174 e. The zero-order valence-corrected chi connectivity index (χ0v) is 21.1. The Labute approximate surface area is 192 Å². The number of allylic oxidation sites excluding steroid dienone is 2. The lowest BCUT2D eigenvalue weighted by Crippen LogP contribution is -2.30. The number of hydrazone groups is 1. The van der Waals surface area contributed by atoms with Crippen LogP contribution in [0.3, 0.4) is 0 Å². The molecule has 4 rings (SSSR count). The van der Waals surface area contributed by atoms with Crippen LogP contribution in [-0.2, 0) is 5.41 Å². The van der Waals surface area contributed by atoms with E-state index in [1.165, 1.54) is 22.3 Å². The van der Waals surface area contributed by atoms with Gasteiger partial charge in [-0.3, -0.25) is 0 Å². The largest absolute Gasteiger partial charge is 0.497 e. The number of benzene rings is 2. The molecule has 0 fully saturated rings. The summed E-state index contributed by atoms with van der Waals surface area (Å²) in [7, 11) is 3.60. The van der Waals surface area contributed by atoms with Crippen molar-refractivity contribution in [3.63, 3.8) is 0 Å². The van der Waals surface area contributed by atoms with Crippen molar-refractivity contribution in [1.82, 2.24) is 9.45 Å². The molecule has 7 heteroatoms. The van der Waals surface area contributed by atoms with Crippen molar-refractivity contribution in [2.75, 3.05) is 39.2 Å². The van der Waals surface area contributed by atoms with Crippen LogP contribution in [0.4, 0.5) is 11.4 Å². The van der Waals surface area contributed by atoms with E-state index in [0.29, 0.717) is 0 Å². The normalized spacial score (nSPS) is 23.8. The number of para-hydroxylation sites is 1. The van der Waals surface area contributed by atoms with Gasteiger partial charge in [-0.2, -0.15) is 5.10 Å². The van der Waals surface area contributed by atoms with Crippen LogP contribution in [-0.4, -0.2) is 50.0 Å². The molecule has 1 atom stereocenters. The van der Waals surface area contributed by atoms with Crippen LogP contribution >= 0.6 is 7.36 Å². The predicted octanol–water partition coefficient (Wildman–Crippen LogP) is 6.27. The van der Waals surface area contributed by atoms with Crippen LogP contribution in [0.5, 0.6) is 5.75 Å². The van der Waals surface area contributed by atoms with Crippen LogP contribution in [0.1, 0.15) is 33.3 Å². The predicted molar refractivity (Wildman–Crippen MR) is 136 cm³/mol. The number of likely N-dealkylation sites (N-methyl/N-ethyl adjacent to an activating group) is 1. The molecule has 0 saturated carbocycles. The summed E-state index contributed by atoms with van der Waals surface area (Å²) >= 11 is 0. The summed E-state index contributed by atoms with van der Waals surface area (Å²) in [5.74, 6) is 0.834. The van der Waals surface area contributed by atoms with Crippen molar-refractivity contribution in [3.05, 3.63) is 65.1 Å². The van der Waals surface area contributed by atoms with Crippen molar-refractivity contribution in [2.45, 2.75) is 33.1 Å². The number of ether oxygens (including phenoxy) is 1. The van der Waals surface area contributed by atoms with Crippen LogP contribution in [0.2, 0.25) is 0 Å². The number of anilines is 1. The van der Waals surface area contributed by atoms with E-state index in [1.807, 2.05) is 24.3 Å². The van der Waals surface area contributed by atoms with E-state index in [1.54, 1.807) is 7.11 Å². The summed E-state index contributed by atoms with van der Waals surface area (Å²) in [5.41, 5.74) is 4.67. The van der Waals surface area contributed by atoms with Crippen molar-refractivity contribution in [2.24, 2.45) is 9.85 Å². The Bertz CT molecular complexity index is 1120. The minimum absolute atomic E-state index is 0.147. The molecule has 170 valence electrons. The topological polar surface area (TPSA) is 43.7 Å². The summed E-state index contributed by atoms with van der Waals surface area (Å²) in [6, 6.07) is 16.7. The van der Waals surface area contributed by atoms with Gasteiger partial charge in [0.25, 0.3) is 0 Å². The molecule has 2 aromatic carbocycles. The third-order valence-electron chi connectivity index (χ3n) is 6.63. The molecule has 0 spiro atoms. The Kier molecular flexibility index (Phi) is 5.95. The van der Waals surface area contributed by atoms with E-state index in [9.17, 15) is 0 Å². The third kappa shape index (κ3) is 3.28. The second-order valence-corrected chi connectivity index (χ2v) is 11.6. The SMILES string of the molecule is CCN(CC)[P@]1(=Nc2ccc(OC)cc2)/C(=C2/N(C)c3ccccc3C2(C)C)C=NN1C. The fourth-order valence-electron chi connectivity index (χ4n) is 5.05. The first-order valence-corrected chi connectivity index (χ1v) is 12.8. The average Bonchev–Trinajstić information content (AvgIpc) is 3.21. The van der Waals surface area contributed by atoms with Gasteiger partial charge in [0, 0.05) is 44.0 Å². The van der Waals surface area contributed by atoms with Crippen LogP contribution in [0.25, 0.3) is 0 Å². The summed E-state index contributed by atoms with van der Waals surface area (Å²) in [4.78, 5) is 2.34. The second kappa shape index (κ2) is 8.42. The second-order valence-electron chi connectivity index (χ2n) is 8.67. The van der Waals surface area contributed by atoms with Gasteiger partial charge in [0.05, 0.1) is 24.3 Å². The number of nitrogens with zero attached hydrogens (tertiary/aromatic N) is 5. The molecule has 0 bridgehead atoms. The molecule has 0 amide bonds. The summed E-state index contributed by atoms with van der Waals surface area (Å²) in [5, 5.41) is 6.06. The van der Waals surface area contributed by atoms with Gasteiger partial charge in [0.2, 0.25) is 0 Å². The monoisotopic (exact) mass is 451 g/mol. The molecule has 6 nitrogen and oxygen atoms in total. The van der Waals surface area contributed by atoms with E-state index >= 15 is 0 Å². The molecule has 0 unspecified atom stereocenters. The highest BCUT2D eigenvalue weighted by atomic mass is 31.2. The molecule has 2 aliphatic heterocycles. The zero-order valence-electron chi connectivity index (χ0n) is 20.2. The minimum Gasteiger partial charge on any atom is -0.497 e. The zero-order chi connectivity index (χ0) is 23.1. The Balaban J connectivity index is 2.02. The lowest BCUT2D eigenvalue weighted by Gasteiger charge is -2.39. The van der Waals surface area contributed by atoms with Crippen molar-refractivity contribution in [1.29, 1.82) is 0 Å². The summed E-state index contributed by atoms with van der Waals surface area (Å²) < 4.78 is 15.4. The highest BCUT2D eigenvalue weighted by Crippen LogP contribution is 2.69. The summed E-state index contributed by atoms with van der Waals surface area (Å²) in [6.07, 6.45) is 2.05. The Morgan fingerprint density at radius 3 is 2.28 bits per heavy atom. The minimum atomic E-state index is -2.33. The lowest BCUT2D eigenvalue weighted by molar-refractivity contribution is 0.415. The van der Waals surface area contributed by atoms with Gasteiger partial charge in [0.1, 0.15) is 5.75 Å². The van der Waals surface area contributed by atoms with Crippen LogP contribution in [0, 0.1) is 0 Å². The van der Waals surface area contributed by atoms with Crippen LogP contribution < -0.4 is 9.64 Å². The van der Waals surface area contributed by atoms with E-state index in [-0.39, 0.29) is 5.41 Å². The standard InChI is InChI=1S/C25H34N5OP/c1-8-30(9-2)32(27-19-14-16-20(31-7)17-15-19)23(18-26-29(32)6)24-25(3,4)21-12-10-11-13-22(21)28(24)5/h10-18H,8-9H2,1-7H3/b24-23+/t32-/m0/s1. The first-order valence-electron chi connectivity index (χ1n) is 11.2. The molecule has 0 aliphatic carbocycles. The Morgan fingerprint density at radius 1 is 1.03 bits per heavy atom.